The van der Waals surface area contributed by atoms with E-state index in [4.69, 9.17) is 16.9 Å². The van der Waals surface area contributed by atoms with Gasteiger partial charge in [0.1, 0.15) is 0 Å². The highest BCUT2D eigenvalue weighted by Crippen LogP contribution is 2.24. The van der Waals surface area contributed by atoms with Crippen molar-refractivity contribution < 1.29 is 8.78 Å². The third-order valence-corrected chi connectivity index (χ3v) is 2.31. The molecule has 0 aliphatic heterocycles. The molecule has 1 aromatic rings. The van der Waals surface area contributed by atoms with Crippen molar-refractivity contribution in [3.8, 4) is 6.07 Å². The maximum atomic E-state index is 12.5. The molecule has 0 aromatic carbocycles. The van der Waals surface area contributed by atoms with Crippen LogP contribution in [0.1, 0.15) is 28.9 Å². The Morgan fingerprint density at radius 2 is 2.27 bits per heavy atom. The Morgan fingerprint density at radius 1 is 1.60 bits per heavy atom. The fourth-order valence-corrected chi connectivity index (χ4v) is 1.52. The fourth-order valence-electron chi connectivity index (χ4n) is 1.29. The highest BCUT2D eigenvalue weighted by atomic mass is 35.5. The van der Waals surface area contributed by atoms with Crippen LogP contribution in [-0.4, -0.2) is 4.98 Å². The lowest BCUT2D eigenvalue weighted by molar-refractivity contribution is 0.150. The molecule has 0 saturated carbocycles. The number of rotatable bonds is 3. The molecule has 0 saturated heterocycles. The molecular weight excluding hydrogens is 222 g/mol. The lowest BCUT2D eigenvalue weighted by atomic mass is 10.1. The molecule has 80 valence electrons. The van der Waals surface area contributed by atoms with E-state index in [0.717, 1.165) is 0 Å². The molecule has 1 aromatic heterocycles. The Kier molecular flexibility index (Phi) is 3.98. The van der Waals surface area contributed by atoms with E-state index < -0.39 is 6.43 Å². The van der Waals surface area contributed by atoms with E-state index in [1.807, 2.05) is 6.07 Å². The van der Waals surface area contributed by atoms with Crippen molar-refractivity contribution in [1.82, 2.24) is 4.98 Å². The maximum absolute atomic E-state index is 12.5. The van der Waals surface area contributed by atoms with Gasteiger partial charge in [-0.05, 0) is 18.6 Å². The van der Waals surface area contributed by atoms with Crippen molar-refractivity contribution >= 4 is 11.6 Å². The monoisotopic (exact) mass is 230 g/mol. The van der Waals surface area contributed by atoms with Crippen LogP contribution in [0.3, 0.4) is 0 Å². The van der Waals surface area contributed by atoms with Crippen LogP contribution < -0.4 is 0 Å². The molecule has 0 bridgehead atoms. The van der Waals surface area contributed by atoms with Crippen LogP contribution in [0.25, 0.3) is 0 Å². The second kappa shape index (κ2) is 5.04. The summed E-state index contributed by atoms with van der Waals surface area (Å²) in [6, 6.07) is 3.21. The summed E-state index contributed by atoms with van der Waals surface area (Å²) in [4.78, 5) is 3.97. The van der Waals surface area contributed by atoms with Crippen molar-refractivity contribution in [2.24, 2.45) is 0 Å². The third-order valence-electron chi connectivity index (χ3n) is 2.05. The first-order valence-electron chi connectivity index (χ1n) is 4.30. The number of nitriles is 1. The first-order chi connectivity index (χ1) is 7.10. The van der Waals surface area contributed by atoms with Crippen LogP contribution in [0, 0.1) is 18.3 Å². The summed E-state index contributed by atoms with van der Waals surface area (Å²) in [5.74, 6) is 0.126. The lowest BCUT2D eigenvalue weighted by Gasteiger charge is -2.09. The normalized spacial score (nSPS) is 10.4. The number of aromatic nitrogens is 1. The topological polar surface area (TPSA) is 36.7 Å². The smallest absolute Gasteiger partial charge is 0.256 e. The van der Waals surface area contributed by atoms with Crippen LogP contribution in [0.4, 0.5) is 8.78 Å². The van der Waals surface area contributed by atoms with Crippen LogP contribution >= 0.6 is 11.6 Å². The van der Waals surface area contributed by atoms with E-state index in [-0.39, 0.29) is 23.6 Å². The van der Waals surface area contributed by atoms with E-state index in [1.165, 1.54) is 13.0 Å². The molecule has 0 unspecified atom stereocenters. The van der Waals surface area contributed by atoms with Gasteiger partial charge in [-0.2, -0.15) is 5.26 Å². The molecule has 0 fully saturated rings. The molecule has 2 nitrogen and oxygen atoms in total. The Morgan fingerprint density at radius 3 is 2.73 bits per heavy atom. The van der Waals surface area contributed by atoms with Gasteiger partial charge in [0.2, 0.25) is 0 Å². The average molecular weight is 231 g/mol. The molecule has 1 heterocycles. The van der Waals surface area contributed by atoms with Gasteiger partial charge in [0, 0.05) is 11.3 Å². The zero-order valence-electron chi connectivity index (χ0n) is 8.10. The van der Waals surface area contributed by atoms with Gasteiger partial charge in [-0.25, -0.2) is 8.78 Å². The molecule has 1 rings (SSSR count). The summed E-state index contributed by atoms with van der Waals surface area (Å²) in [7, 11) is 0. The van der Waals surface area contributed by atoms with Crippen molar-refractivity contribution in [3.63, 3.8) is 0 Å². The molecule has 5 heteroatoms. The van der Waals surface area contributed by atoms with E-state index >= 15 is 0 Å². The van der Waals surface area contributed by atoms with Gasteiger partial charge in [-0.3, -0.25) is 4.98 Å². The fraction of sp³-hybridized carbons (Fsp3) is 0.400. The molecule has 0 aliphatic carbocycles. The Hall–Kier alpha value is -1.21. The molecule has 0 spiro atoms. The van der Waals surface area contributed by atoms with Crippen molar-refractivity contribution in [2.45, 2.75) is 25.7 Å². The number of aryl methyl sites for hydroxylation is 1. The molecule has 15 heavy (non-hydrogen) atoms. The van der Waals surface area contributed by atoms with E-state index in [9.17, 15) is 8.78 Å². The molecule has 0 N–H and O–H groups in total. The largest absolute Gasteiger partial charge is 0.265 e. The summed E-state index contributed by atoms with van der Waals surface area (Å²) in [6.45, 7) is 1.51. The average Bonchev–Trinajstić information content (AvgIpc) is 2.20. The first-order valence-corrected chi connectivity index (χ1v) is 4.84. The number of alkyl halides is 3. The Balaban J connectivity index is 3.25. The van der Waals surface area contributed by atoms with Crippen molar-refractivity contribution in [3.05, 3.63) is 28.6 Å². The summed E-state index contributed by atoms with van der Waals surface area (Å²) in [5.41, 5.74) is 1.12. The van der Waals surface area contributed by atoms with E-state index in [2.05, 4.69) is 4.98 Å². The Bertz CT molecular complexity index is 399. The minimum atomic E-state index is -2.57. The highest BCUT2D eigenvalue weighted by Gasteiger charge is 2.15. The summed E-state index contributed by atoms with van der Waals surface area (Å²) in [5, 5.41) is 8.53. The van der Waals surface area contributed by atoms with Gasteiger partial charge in [0.05, 0.1) is 24.1 Å². The van der Waals surface area contributed by atoms with Crippen LogP contribution in [0.15, 0.2) is 6.07 Å². The summed E-state index contributed by atoms with van der Waals surface area (Å²) in [6.07, 6.45) is -2.52. The zero-order valence-corrected chi connectivity index (χ0v) is 8.85. The third kappa shape index (κ3) is 2.63. The zero-order chi connectivity index (χ0) is 11.4. The van der Waals surface area contributed by atoms with E-state index in [1.54, 1.807) is 0 Å². The second-order valence-corrected chi connectivity index (χ2v) is 3.31. The Labute approximate surface area is 91.5 Å². The van der Waals surface area contributed by atoms with Gasteiger partial charge in [0.25, 0.3) is 6.43 Å². The quantitative estimate of drug-likeness (QED) is 0.748. The number of pyridine rings is 1. The first kappa shape index (κ1) is 11.9. The number of halogens is 3. The van der Waals surface area contributed by atoms with Gasteiger partial charge in [-0.15, -0.1) is 11.6 Å². The molecule has 0 radical (unpaired) electrons. The maximum Gasteiger partial charge on any atom is 0.265 e. The molecule has 0 atom stereocenters. The predicted octanol–water partition coefficient (Wildman–Crippen LogP) is 3.13. The number of nitrogens with zero attached hydrogens (tertiary/aromatic N) is 2. The van der Waals surface area contributed by atoms with Gasteiger partial charge >= 0.3 is 0 Å². The van der Waals surface area contributed by atoms with Gasteiger partial charge in [0.15, 0.2) is 0 Å². The SMILES string of the molecule is Cc1nc(CCl)c(CC#N)cc1C(F)F. The standard InChI is InChI=1S/C10H9ClF2N2/c1-6-8(10(12)13)4-7(2-3-14)9(5-11)15-6/h4,10H,2,5H2,1H3. The van der Waals surface area contributed by atoms with Crippen molar-refractivity contribution in [1.29, 1.82) is 5.26 Å². The molecule has 0 amide bonds. The van der Waals surface area contributed by atoms with Crippen molar-refractivity contribution in [2.75, 3.05) is 0 Å². The highest BCUT2D eigenvalue weighted by molar-refractivity contribution is 6.17. The molecular formula is C10H9ClF2N2. The van der Waals surface area contributed by atoms with Crippen LogP contribution in [0.5, 0.6) is 0 Å². The predicted molar refractivity (Wildman–Crippen MR) is 52.8 cm³/mol. The summed E-state index contributed by atoms with van der Waals surface area (Å²) < 4.78 is 25.1. The minimum absolute atomic E-state index is 0.0506. The summed E-state index contributed by atoms with van der Waals surface area (Å²) >= 11 is 5.61. The van der Waals surface area contributed by atoms with Crippen LogP contribution in [0.2, 0.25) is 0 Å². The molecule has 0 aliphatic rings. The second-order valence-electron chi connectivity index (χ2n) is 3.04. The lowest BCUT2D eigenvalue weighted by Crippen LogP contribution is -2.02. The number of hydrogen-bond donors (Lipinski definition) is 0. The van der Waals surface area contributed by atoms with Gasteiger partial charge in [-0.1, -0.05) is 0 Å². The van der Waals surface area contributed by atoms with Crippen LogP contribution in [-0.2, 0) is 12.3 Å². The van der Waals surface area contributed by atoms with Gasteiger partial charge < -0.3 is 0 Å². The van der Waals surface area contributed by atoms with E-state index in [0.29, 0.717) is 11.3 Å². The number of hydrogen-bond acceptors (Lipinski definition) is 2. The minimum Gasteiger partial charge on any atom is -0.256 e.